The van der Waals surface area contributed by atoms with Crippen LogP contribution in [0.4, 0.5) is 11.4 Å². The number of benzene rings is 3. The number of fused-ring (bicyclic) bond motifs is 1. The monoisotopic (exact) mass is 261 g/mol. The summed E-state index contributed by atoms with van der Waals surface area (Å²) in [6.07, 6.45) is 0.911. The number of nitrogens with zero attached hydrogens (tertiary/aromatic N) is 1. The van der Waals surface area contributed by atoms with Gasteiger partial charge in [0, 0.05) is 29.4 Å². The summed E-state index contributed by atoms with van der Waals surface area (Å²) >= 11 is 0. The second-order valence-electron chi connectivity index (χ2n) is 4.73. The first-order valence-electron chi connectivity index (χ1n) is 6.57. The van der Waals surface area contributed by atoms with Crippen LogP contribution in [0.1, 0.15) is 10.4 Å². The van der Waals surface area contributed by atoms with Crippen molar-refractivity contribution in [2.45, 2.75) is 0 Å². The molecule has 0 atom stereocenters. The highest BCUT2D eigenvalue weighted by Crippen LogP contribution is 2.32. The molecule has 0 fully saturated rings. The molecule has 20 heavy (non-hydrogen) atoms. The number of hydrogen-bond donors (Lipinski definition) is 0. The van der Waals surface area contributed by atoms with Crippen LogP contribution >= 0.6 is 0 Å². The van der Waals surface area contributed by atoms with Gasteiger partial charge in [-0.1, -0.05) is 42.5 Å². The van der Waals surface area contributed by atoms with Gasteiger partial charge < -0.3 is 4.90 Å². The minimum Gasteiger partial charge on any atom is -0.344 e. The van der Waals surface area contributed by atoms with Gasteiger partial charge in [-0.25, -0.2) is 0 Å². The van der Waals surface area contributed by atoms with Crippen molar-refractivity contribution < 1.29 is 4.79 Å². The molecule has 0 saturated carbocycles. The molecule has 0 saturated heterocycles. The molecule has 2 nitrogen and oxygen atoms in total. The maximum absolute atomic E-state index is 11.2. The van der Waals surface area contributed by atoms with E-state index >= 15 is 0 Å². The molecule has 0 aliphatic rings. The Kier molecular flexibility index (Phi) is 3.21. The lowest BCUT2D eigenvalue weighted by Crippen LogP contribution is -2.09. The summed E-state index contributed by atoms with van der Waals surface area (Å²) in [5, 5.41) is 2.08. The van der Waals surface area contributed by atoms with Gasteiger partial charge in [-0.05, 0) is 29.7 Å². The fraction of sp³-hybridized carbons (Fsp3) is 0.0556. The number of aldehydes is 1. The number of carbonyl (C=O) groups excluding carboxylic acids is 1. The minimum absolute atomic E-state index is 0.728. The molecular weight excluding hydrogens is 246 g/mol. The Morgan fingerprint density at radius 2 is 1.45 bits per heavy atom. The molecule has 0 aliphatic heterocycles. The molecule has 0 spiro atoms. The summed E-state index contributed by atoms with van der Waals surface area (Å²) in [7, 11) is 2.04. The molecule has 98 valence electrons. The first-order chi connectivity index (χ1) is 9.81. The molecule has 2 heteroatoms. The molecule has 3 rings (SSSR count). The Bertz CT molecular complexity index is 750. The van der Waals surface area contributed by atoms with Gasteiger partial charge in [-0.15, -0.1) is 0 Å². The van der Waals surface area contributed by atoms with Gasteiger partial charge in [-0.2, -0.15) is 0 Å². The highest BCUT2D eigenvalue weighted by molar-refractivity contribution is 6.04. The standard InChI is InChI=1S/C18H15NO/c1-19(15-7-3-2-4-8-15)18-12-11-14(13-20)16-9-5-6-10-17(16)18/h2-13H,1H3. The fourth-order valence-electron chi connectivity index (χ4n) is 2.49. The summed E-state index contributed by atoms with van der Waals surface area (Å²) < 4.78 is 0. The number of anilines is 2. The van der Waals surface area contributed by atoms with E-state index in [4.69, 9.17) is 0 Å². The average Bonchev–Trinajstić information content (AvgIpc) is 2.54. The lowest BCUT2D eigenvalue weighted by atomic mass is 10.0. The number of rotatable bonds is 3. The Morgan fingerprint density at radius 3 is 2.15 bits per heavy atom. The van der Waals surface area contributed by atoms with Gasteiger partial charge in [-0.3, -0.25) is 4.79 Å². The molecule has 0 unspecified atom stereocenters. The molecule has 0 bridgehead atoms. The second-order valence-corrected chi connectivity index (χ2v) is 4.73. The predicted molar refractivity (Wildman–Crippen MR) is 83.8 cm³/mol. The Hall–Kier alpha value is -2.61. The van der Waals surface area contributed by atoms with E-state index in [2.05, 4.69) is 23.1 Å². The van der Waals surface area contributed by atoms with Crippen molar-refractivity contribution >= 4 is 28.4 Å². The van der Waals surface area contributed by atoms with Gasteiger partial charge in [0.2, 0.25) is 0 Å². The average molecular weight is 261 g/mol. The molecule has 3 aromatic rings. The molecular formula is C18H15NO. The smallest absolute Gasteiger partial charge is 0.150 e. The minimum atomic E-state index is 0.728. The summed E-state index contributed by atoms with van der Waals surface area (Å²) in [6, 6.07) is 22.1. The highest BCUT2D eigenvalue weighted by atomic mass is 16.1. The van der Waals surface area contributed by atoms with Gasteiger partial charge in [0.15, 0.2) is 6.29 Å². The summed E-state index contributed by atoms with van der Waals surface area (Å²) in [4.78, 5) is 13.3. The highest BCUT2D eigenvalue weighted by Gasteiger charge is 2.09. The van der Waals surface area contributed by atoms with Crippen LogP contribution < -0.4 is 4.90 Å². The first-order valence-corrected chi connectivity index (χ1v) is 6.57. The number of hydrogen-bond acceptors (Lipinski definition) is 2. The zero-order chi connectivity index (χ0) is 13.9. The van der Waals surface area contributed by atoms with Crippen LogP contribution in [0.15, 0.2) is 66.7 Å². The Labute approximate surface area is 118 Å². The van der Waals surface area contributed by atoms with E-state index in [9.17, 15) is 4.79 Å². The van der Waals surface area contributed by atoms with Gasteiger partial charge in [0.1, 0.15) is 0 Å². The molecule has 0 heterocycles. The van der Waals surface area contributed by atoms with Gasteiger partial charge >= 0.3 is 0 Å². The number of carbonyl (C=O) groups is 1. The SMILES string of the molecule is CN(c1ccccc1)c1ccc(C=O)c2ccccc12. The molecule has 0 amide bonds. The second kappa shape index (κ2) is 5.17. The van der Waals surface area contributed by atoms with E-state index in [0.29, 0.717) is 0 Å². The molecule has 0 N–H and O–H groups in total. The summed E-state index contributed by atoms with van der Waals surface area (Å²) in [6.45, 7) is 0. The lowest BCUT2D eigenvalue weighted by Gasteiger charge is -2.21. The van der Waals surface area contributed by atoms with Crippen molar-refractivity contribution in [1.29, 1.82) is 0 Å². The first kappa shape index (κ1) is 12.4. The summed E-state index contributed by atoms with van der Waals surface area (Å²) in [5.74, 6) is 0. The van der Waals surface area contributed by atoms with E-state index in [0.717, 1.165) is 34.0 Å². The zero-order valence-corrected chi connectivity index (χ0v) is 11.3. The third-order valence-corrected chi connectivity index (χ3v) is 3.57. The van der Waals surface area contributed by atoms with E-state index in [-0.39, 0.29) is 0 Å². The Morgan fingerprint density at radius 1 is 0.800 bits per heavy atom. The summed E-state index contributed by atoms with van der Waals surface area (Å²) in [5.41, 5.74) is 2.94. The van der Waals surface area contributed by atoms with Crippen LogP contribution in [-0.4, -0.2) is 13.3 Å². The van der Waals surface area contributed by atoms with Crippen LogP contribution in [0.2, 0.25) is 0 Å². The topological polar surface area (TPSA) is 20.3 Å². The van der Waals surface area contributed by atoms with Crippen LogP contribution in [0, 0.1) is 0 Å². The van der Waals surface area contributed by atoms with Crippen molar-refractivity contribution in [3.05, 3.63) is 72.3 Å². The van der Waals surface area contributed by atoms with E-state index in [1.165, 1.54) is 0 Å². The molecule has 0 aliphatic carbocycles. The predicted octanol–water partition coefficient (Wildman–Crippen LogP) is 4.42. The van der Waals surface area contributed by atoms with Crippen molar-refractivity contribution in [2.24, 2.45) is 0 Å². The third-order valence-electron chi connectivity index (χ3n) is 3.57. The third kappa shape index (κ3) is 2.05. The van der Waals surface area contributed by atoms with Gasteiger partial charge in [0.05, 0.1) is 0 Å². The van der Waals surface area contributed by atoms with Gasteiger partial charge in [0.25, 0.3) is 0 Å². The van der Waals surface area contributed by atoms with E-state index in [1.54, 1.807) is 0 Å². The van der Waals surface area contributed by atoms with E-state index in [1.807, 2.05) is 55.6 Å². The van der Waals surface area contributed by atoms with Crippen molar-refractivity contribution in [3.8, 4) is 0 Å². The van der Waals surface area contributed by atoms with Crippen LogP contribution in [0.25, 0.3) is 10.8 Å². The molecule has 0 aromatic heterocycles. The van der Waals surface area contributed by atoms with Crippen molar-refractivity contribution in [1.82, 2.24) is 0 Å². The van der Waals surface area contributed by atoms with Crippen LogP contribution in [0.3, 0.4) is 0 Å². The van der Waals surface area contributed by atoms with Crippen molar-refractivity contribution in [3.63, 3.8) is 0 Å². The molecule has 3 aromatic carbocycles. The fourth-order valence-corrected chi connectivity index (χ4v) is 2.49. The normalized spacial score (nSPS) is 10.4. The maximum Gasteiger partial charge on any atom is 0.150 e. The lowest BCUT2D eigenvalue weighted by molar-refractivity contribution is 0.112. The number of para-hydroxylation sites is 1. The maximum atomic E-state index is 11.2. The largest absolute Gasteiger partial charge is 0.344 e. The Balaban J connectivity index is 2.20. The van der Waals surface area contributed by atoms with Crippen LogP contribution in [0.5, 0.6) is 0 Å². The van der Waals surface area contributed by atoms with E-state index < -0.39 is 0 Å². The zero-order valence-electron chi connectivity index (χ0n) is 11.3. The quantitative estimate of drug-likeness (QED) is 0.650. The van der Waals surface area contributed by atoms with Crippen molar-refractivity contribution in [2.75, 3.05) is 11.9 Å². The van der Waals surface area contributed by atoms with Crippen LogP contribution in [-0.2, 0) is 0 Å². The molecule has 0 radical (unpaired) electrons.